The summed E-state index contributed by atoms with van der Waals surface area (Å²) >= 11 is 0. The Kier molecular flexibility index (Phi) is 4.04. The Hall–Kier alpha value is -2.78. The van der Waals surface area contributed by atoms with E-state index >= 15 is 0 Å². The molecular formula is C14H14N6O2S. The van der Waals surface area contributed by atoms with Crippen LogP contribution in [0, 0.1) is 0 Å². The Bertz CT molecular complexity index is 891. The van der Waals surface area contributed by atoms with Gasteiger partial charge in [0.15, 0.2) is 5.82 Å². The Balaban J connectivity index is 1.74. The van der Waals surface area contributed by atoms with Gasteiger partial charge in [0.05, 0.1) is 0 Å². The molecule has 0 aliphatic rings. The minimum Gasteiger partial charge on any atom is -0.365 e. The highest BCUT2D eigenvalue weighted by molar-refractivity contribution is 7.89. The molecule has 0 atom stereocenters. The van der Waals surface area contributed by atoms with Gasteiger partial charge in [-0.1, -0.05) is 6.07 Å². The molecule has 23 heavy (non-hydrogen) atoms. The van der Waals surface area contributed by atoms with Crippen LogP contribution in [0.5, 0.6) is 0 Å². The second-order valence-electron chi connectivity index (χ2n) is 4.72. The zero-order valence-electron chi connectivity index (χ0n) is 12.0. The third kappa shape index (κ3) is 3.52. The van der Waals surface area contributed by atoms with Crippen molar-refractivity contribution in [1.82, 2.24) is 19.7 Å². The van der Waals surface area contributed by atoms with Crippen molar-refractivity contribution in [3.63, 3.8) is 0 Å². The molecule has 0 amide bonds. The quantitative estimate of drug-likeness (QED) is 0.719. The highest BCUT2D eigenvalue weighted by Gasteiger charge is 2.14. The van der Waals surface area contributed by atoms with E-state index in [9.17, 15) is 8.42 Å². The van der Waals surface area contributed by atoms with Crippen LogP contribution in [-0.2, 0) is 16.6 Å². The molecule has 3 aromatic rings. The lowest BCUT2D eigenvalue weighted by molar-refractivity contribution is 0.597. The van der Waals surface area contributed by atoms with Crippen molar-refractivity contribution in [2.24, 2.45) is 5.14 Å². The SMILES string of the molecule is NS(=O)(=O)c1cccnc1NCc1ccc(-n2cccn2)nc1. The summed E-state index contributed by atoms with van der Waals surface area (Å²) < 4.78 is 24.7. The number of nitrogens with zero attached hydrogens (tertiary/aromatic N) is 4. The van der Waals surface area contributed by atoms with Gasteiger partial charge >= 0.3 is 0 Å². The molecule has 0 aliphatic carbocycles. The summed E-state index contributed by atoms with van der Waals surface area (Å²) in [7, 11) is -3.83. The van der Waals surface area contributed by atoms with Gasteiger partial charge in [0.2, 0.25) is 10.0 Å². The summed E-state index contributed by atoms with van der Waals surface area (Å²) in [6.45, 7) is 0.367. The highest BCUT2D eigenvalue weighted by atomic mass is 32.2. The van der Waals surface area contributed by atoms with Crippen molar-refractivity contribution in [3.05, 3.63) is 60.7 Å². The van der Waals surface area contributed by atoms with Crippen molar-refractivity contribution in [2.75, 3.05) is 5.32 Å². The predicted octanol–water partition coefficient (Wildman–Crippen LogP) is 0.922. The van der Waals surface area contributed by atoms with Crippen molar-refractivity contribution in [1.29, 1.82) is 0 Å². The summed E-state index contributed by atoms with van der Waals surface area (Å²) in [5.74, 6) is 0.910. The molecule has 0 bridgehead atoms. The van der Waals surface area contributed by atoms with Gasteiger partial charge in [0, 0.05) is 31.3 Å². The van der Waals surface area contributed by atoms with E-state index in [1.807, 2.05) is 18.2 Å². The maximum absolute atomic E-state index is 11.5. The molecule has 0 aliphatic heterocycles. The zero-order valence-corrected chi connectivity index (χ0v) is 12.8. The van der Waals surface area contributed by atoms with Crippen LogP contribution in [0.4, 0.5) is 5.82 Å². The maximum Gasteiger partial charge on any atom is 0.241 e. The molecule has 0 fully saturated rings. The summed E-state index contributed by atoms with van der Waals surface area (Å²) in [6, 6.07) is 8.43. The van der Waals surface area contributed by atoms with Crippen molar-refractivity contribution < 1.29 is 8.42 Å². The topological polar surface area (TPSA) is 116 Å². The molecule has 3 N–H and O–H groups in total. The molecule has 0 aromatic carbocycles. The van der Waals surface area contributed by atoms with Gasteiger partial charge in [0.25, 0.3) is 0 Å². The number of aromatic nitrogens is 4. The predicted molar refractivity (Wildman–Crippen MR) is 84.3 cm³/mol. The average Bonchev–Trinajstić information content (AvgIpc) is 3.07. The molecular weight excluding hydrogens is 316 g/mol. The number of anilines is 1. The average molecular weight is 330 g/mol. The van der Waals surface area contributed by atoms with Crippen LogP contribution in [0.15, 0.2) is 60.0 Å². The van der Waals surface area contributed by atoms with Crippen LogP contribution in [0.2, 0.25) is 0 Å². The number of hydrogen-bond acceptors (Lipinski definition) is 6. The van der Waals surface area contributed by atoms with Gasteiger partial charge in [0.1, 0.15) is 10.7 Å². The first-order valence-electron chi connectivity index (χ1n) is 6.71. The first kappa shape index (κ1) is 15.1. The largest absolute Gasteiger partial charge is 0.365 e. The molecule has 0 saturated heterocycles. The van der Waals surface area contributed by atoms with E-state index in [1.54, 1.807) is 23.3 Å². The lowest BCUT2D eigenvalue weighted by Crippen LogP contribution is -2.16. The van der Waals surface area contributed by atoms with Gasteiger partial charge < -0.3 is 5.32 Å². The minimum absolute atomic E-state index is 0.0406. The fourth-order valence-electron chi connectivity index (χ4n) is 2.00. The van der Waals surface area contributed by atoms with E-state index in [4.69, 9.17) is 5.14 Å². The summed E-state index contributed by atoms with van der Waals surface area (Å²) in [5, 5.41) is 12.2. The van der Waals surface area contributed by atoms with Crippen LogP contribution in [0.3, 0.4) is 0 Å². The fourth-order valence-corrected chi connectivity index (χ4v) is 2.66. The van der Waals surface area contributed by atoms with E-state index in [0.717, 1.165) is 5.56 Å². The lowest BCUT2D eigenvalue weighted by atomic mass is 10.3. The van der Waals surface area contributed by atoms with Gasteiger partial charge in [-0.25, -0.2) is 28.2 Å². The molecule has 0 spiro atoms. The van der Waals surface area contributed by atoms with Crippen LogP contribution >= 0.6 is 0 Å². The number of hydrogen-bond donors (Lipinski definition) is 2. The zero-order chi connectivity index (χ0) is 16.3. The third-order valence-electron chi connectivity index (χ3n) is 3.09. The Morgan fingerprint density at radius 2 is 2.00 bits per heavy atom. The Morgan fingerprint density at radius 1 is 1.13 bits per heavy atom. The molecule has 3 heterocycles. The molecule has 8 nitrogen and oxygen atoms in total. The first-order chi connectivity index (χ1) is 11.0. The molecule has 0 radical (unpaired) electrons. The fraction of sp³-hybridized carbons (Fsp3) is 0.0714. The summed E-state index contributed by atoms with van der Waals surface area (Å²) in [4.78, 5) is 8.27. The van der Waals surface area contributed by atoms with Crippen molar-refractivity contribution in [3.8, 4) is 5.82 Å². The second kappa shape index (κ2) is 6.15. The summed E-state index contributed by atoms with van der Waals surface area (Å²) in [6.07, 6.45) is 6.65. The second-order valence-corrected chi connectivity index (χ2v) is 6.25. The third-order valence-corrected chi connectivity index (χ3v) is 4.03. The highest BCUT2D eigenvalue weighted by Crippen LogP contribution is 2.17. The van der Waals surface area contributed by atoms with E-state index in [2.05, 4.69) is 20.4 Å². The Morgan fingerprint density at radius 3 is 2.65 bits per heavy atom. The lowest BCUT2D eigenvalue weighted by Gasteiger charge is -2.09. The number of rotatable bonds is 5. The van der Waals surface area contributed by atoms with Gasteiger partial charge in [-0.3, -0.25) is 0 Å². The van der Waals surface area contributed by atoms with Crippen molar-refractivity contribution >= 4 is 15.8 Å². The number of pyridine rings is 2. The van der Waals surface area contributed by atoms with Gasteiger partial charge in [-0.2, -0.15) is 5.10 Å². The number of primary sulfonamides is 1. The molecule has 0 unspecified atom stereocenters. The smallest absolute Gasteiger partial charge is 0.241 e. The molecule has 118 valence electrons. The molecule has 3 aromatic heterocycles. The van der Waals surface area contributed by atoms with Crippen LogP contribution < -0.4 is 10.5 Å². The van der Waals surface area contributed by atoms with E-state index in [0.29, 0.717) is 12.4 Å². The maximum atomic E-state index is 11.5. The van der Waals surface area contributed by atoms with E-state index in [-0.39, 0.29) is 10.7 Å². The minimum atomic E-state index is -3.83. The van der Waals surface area contributed by atoms with Crippen LogP contribution in [0.1, 0.15) is 5.56 Å². The standard InChI is InChI=1S/C14H14N6O2S/c15-23(21,22)12-3-1-6-16-14(12)18-10-11-4-5-13(17-9-11)20-8-2-7-19-20/h1-9H,10H2,(H,16,18)(H2,15,21,22). The molecule has 0 saturated carbocycles. The summed E-state index contributed by atoms with van der Waals surface area (Å²) in [5.41, 5.74) is 0.868. The van der Waals surface area contributed by atoms with Crippen LogP contribution in [0.25, 0.3) is 5.82 Å². The number of nitrogens with two attached hydrogens (primary N) is 1. The Labute approximate surface area is 133 Å². The number of nitrogens with one attached hydrogen (secondary N) is 1. The normalized spacial score (nSPS) is 11.3. The monoisotopic (exact) mass is 330 g/mol. The molecule has 3 rings (SSSR count). The first-order valence-corrected chi connectivity index (χ1v) is 8.25. The number of sulfonamides is 1. The van der Waals surface area contributed by atoms with Gasteiger partial charge in [-0.15, -0.1) is 0 Å². The molecule has 9 heteroatoms. The van der Waals surface area contributed by atoms with E-state index in [1.165, 1.54) is 18.3 Å². The van der Waals surface area contributed by atoms with E-state index < -0.39 is 10.0 Å². The van der Waals surface area contributed by atoms with Crippen LogP contribution in [-0.4, -0.2) is 28.2 Å². The van der Waals surface area contributed by atoms with Gasteiger partial charge in [-0.05, 0) is 29.8 Å². The van der Waals surface area contributed by atoms with Crippen molar-refractivity contribution in [2.45, 2.75) is 11.4 Å².